The van der Waals surface area contributed by atoms with Gasteiger partial charge in [0, 0.05) is 27.1 Å². The van der Waals surface area contributed by atoms with Gasteiger partial charge in [-0.25, -0.2) is 0 Å². The molecule has 0 saturated heterocycles. The molecule has 0 spiro atoms. The first-order chi connectivity index (χ1) is 19.7. The number of aryl methyl sites for hydroxylation is 1. The molecule has 0 fully saturated rings. The fraction of sp³-hybridized carbons (Fsp3) is 0.0833. The molecule has 198 valence electrons. The molecular weight excluding hydrogens is 506 g/mol. The van der Waals surface area contributed by atoms with Crippen LogP contribution in [-0.2, 0) is 0 Å². The SMILES string of the molecule is C=Nc1c(C(NC)c2cccc(N(c3ccccc3)c3ccccc3)c2)sc2ccccc12.Cc1ccccc1. The van der Waals surface area contributed by atoms with E-state index in [0.29, 0.717) is 0 Å². The summed E-state index contributed by atoms with van der Waals surface area (Å²) in [6.07, 6.45) is 0. The molecule has 4 heteroatoms. The number of thiophene rings is 1. The van der Waals surface area contributed by atoms with Crippen LogP contribution in [0.25, 0.3) is 10.1 Å². The summed E-state index contributed by atoms with van der Waals surface area (Å²) in [6.45, 7) is 5.95. The number of hydrogen-bond donors (Lipinski definition) is 1. The van der Waals surface area contributed by atoms with Crippen LogP contribution in [0.3, 0.4) is 0 Å². The Morgan fingerprint density at radius 3 is 1.77 bits per heavy atom. The quantitative estimate of drug-likeness (QED) is 0.204. The van der Waals surface area contributed by atoms with Crippen LogP contribution in [0.15, 0.2) is 145 Å². The van der Waals surface area contributed by atoms with Gasteiger partial charge in [-0.1, -0.05) is 103 Å². The van der Waals surface area contributed by atoms with Crippen molar-refractivity contribution in [3.8, 4) is 0 Å². The second-order valence-corrected chi connectivity index (χ2v) is 10.5. The number of nitrogens with one attached hydrogen (secondary N) is 1. The molecule has 0 radical (unpaired) electrons. The lowest BCUT2D eigenvalue weighted by Crippen LogP contribution is -2.17. The maximum atomic E-state index is 4.42. The van der Waals surface area contributed by atoms with Crippen LogP contribution in [0.4, 0.5) is 22.7 Å². The van der Waals surface area contributed by atoms with Gasteiger partial charge in [-0.05, 0) is 68.7 Å². The number of nitrogens with zero attached hydrogens (tertiary/aromatic N) is 2. The average Bonchev–Trinajstić information content (AvgIpc) is 3.38. The number of benzene rings is 5. The maximum Gasteiger partial charge on any atom is 0.0859 e. The Morgan fingerprint density at radius 2 is 1.23 bits per heavy atom. The summed E-state index contributed by atoms with van der Waals surface area (Å²) in [4.78, 5) is 7.88. The van der Waals surface area contributed by atoms with Crippen molar-refractivity contribution in [2.24, 2.45) is 4.99 Å². The first kappa shape index (κ1) is 27.1. The third kappa shape index (κ3) is 6.04. The molecule has 6 aromatic rings. The van der Waals surface area contributed by atoms with Crippen LogP contribution in [-0.4, -0.2) is 13.8 Å². The number of fused-ring (bicyclic) bond motifs is 1. The Bertz CT molecular complexity index is 1620. The van der Waals surface area contributed by atoms with Gasteiger partial charge in [0.05, 0.1) is 16.6 Å². The van der Waals surface area contributed by atoms with E-state index in [2.05, 4.69) is 138 Å². The standard InChI is InChI=1S/C29H25N3S.C7H8/c1-30-27(29-28(31-2)25-18-9-10-19-26(25)33-29)21-12-11-17-24(20-21)32(22-13-5-3-6-14-22)23-15-7-4-8-16-23;1-7-5-3-2-4-6-7/h3-20,27,30H,2H2,1H3;2-6H,1H3. The monoisotopic (exact) mass is 539 g/mol. The number of rotatable bonds is 7. The Balaban J connectivity index is 0.000000403. The molecule has 5 aromatic carbocycles. The number of anilines is 3. The summed E-state index contributed by atoms with van der Waals surface area (Å²) in [5.74, 6) is 0. The molecule has 0 aliphatic carbocycles. The van der Waals surface area contributed by atoms with Crippen LogP contribution in [0.5, 0.6) is 0 Å². The predicted octanol–water partition coefficient (Wildman–Crippen LogP) is 10.0. The second-order valence-electron chi connectivity index (χ2n) is 9.45. The molecule has 6 rings (SSSR count). The minimum absolute atomic E-state index is 0.0104. The fourth-order valence-electron chi connectivity index (χ4n) is 4.84. The van der Waals surface area contributed by atoms with Crippen molar-refractivity contribution in [3.05, 3.63) is 156 Å². The zero-order valence-electron chi connectivity index (χ0n) is 22.9. The van der Waals surface area contributed by atoms with Crippen molar-refractivity contribution in [1.29, 1.82) is 0 Å². The van der Waals surface area contributed by atoms with Gasteiger partial charge in [-0.2, -0.15) is 0 Å². The van der Waals surface area contributed by atoms with E-state index in [9.17, 15) is 0 Å². The molecule has 1 atom stereocenters. The predicted molar refractivity (Wildman–Crippen MR) is 174 cm³/mol. The highest BCUT2D eigenvalue weighted by Gasteiger charge is 2.22. The summed E-state index contributed by atoms with van der Waals surface area (Å²) < 4.78 is 1.22. The van der Waals surface area contributed by atoms with Crippen molar-refractivity contribution in [2.45, 2.75) is 13.0 Å². The zero-order chi connectivity index (χ0) is 27.7. The number of para-hydroxylation sites is 2. The van der Waals surface area contributed by atoms with E-state index in [4.69, 9.17) is 0 Å². The van der Waals surface area contributed by atoms with Gasteiger partial charge in [0.1, 0.15) is 0 Å². The normalized spacial score (nSPS) is 11.3. The van der Waals surface area contributed by atoms with Crippen LogP contribution in [0.1, 0.15) is 22.0 Å². The van der Waals surface area contributed by atoms with Crippen molar-refractivity contribution < 1.29 is 0 Å². The van der Waals surface area contributed by atoms with Crippen LogP contribution < -0.4 is 10.2 Å². The van der Waals surface area contributed by atoms with Gasteiger partial charge in [-0.15, -0.1) is 11.3 Å². The van der Waals surface area contributed by atoms with Crippen LogP contribution >= 0.6 is 11.3 Å². The highest BCUT2D eigenvalue weighted by molar-refractivity contribution is 7.19. The Kier molecular flexibility index (Phi) is 8.82. The maximum absolute atomic E-state index is 4.42. The molecule has 0 bridgehead atoms. The molecule has 0 aliphatic rings. The van der Waals surface area contributed by atoms with Gasteiger partial charge < -0.3 is 10.2 Å². The third-order valence-electron chi connectivity index (χ3n) is 6.74. The number of hydrogen-bond acceptors (Lipinski definition) is 4. The van der Waals surface area contributed by atoms with E-state index in [1.807, 2.05) is 37.4 Å². The molecule has 0 saturated carbocycles. The highest BCUT2D eigenvalue weighted by Crippen LogP contribution is 2.44. The molecule has 1 N–H and O–H groups in total. The van der Waals surface area contributed by atoms with Crippen LogP contribution in [0.2, 0.25) is 0 Å². The molecule has 1 aromatic heterocycles. The van der Waals surface area contributed by atoms with E-state index < -0.39 is 0 Å². The fourth-order valence-corrected chi connectivity index (χ4v) is 6.14. The minimum Gasteiger partial charge on any atom is -0.310 e. The molecule has 3 nitrogen and oxygen atoms in total. The van der Waals surface area contributed by atoms with Crippen molar-refractivity contribution in [2.75, 3.05) is 11.9 Å². The third-order valence-corrected chi connectivity index (χ3v) is 7.96. The molecule has 1 unspecified atom stereocenters. The summed E-state index contributed by atoms with van der Waals surface area (Å²) in [7, 11) is 2.00. The van der Waals surface area contributed by atoms with Crippen molar-refractivity contribution >= 4 is 50.9 Å². The van der Waals surface area contributed by atoms with Crippen molar-refractivity contribution in [1.82, 2.24) is 5.32 Å². The van der Waals surface area contributed by atoms with Crippen LogP contribution in [0, 0.1) is 6.92 Å². The van der Waals surface area contributed by atoms with Gasteiger partial charge in [0.15, 0.2) is 0 Å². The van der Waals surface area contributed by atoms with Gasteiger partial charge in [0.2, 0.25) is 0 Å². The topological polar surface area (TPSA) is 27.6 Å². The molecule has 1 heterocycles. The first-order valence-corrected chi connectivity index (χ1v) is 14.2. The lowest BCUT2D eigenvalue weighted by atomic mass is 10.0. The van der Waals surface area contributed by atoms with E-state index in [1.165, 1.54) is 20.7 Å². The summed E-state index contributed by atoms with van der Waals surface area (Å²) in [5.41, 5.74) is 6.82. The van der Waals surface area contributed by atoms with E-state index in [0.717, 1.165) is 28.1 Å². The smallest absolute Gasteiger partial charge is 0.0859 e. The van der Waals surface area contributed by atoms with Gasteiger partial charge in [0.25, 0.3) is 0 Å². The molecule has 0 aliphatic heterocycles. The highest BCUT2D eigenvalue weighted by atomic mass is 32.1. The van der Waals surface area contributed by atoms with Crippen molar-refractivity contribution in [3.63, 3.8) is 0 Å². The zero-order valence-corrected chi connectivity index (χ0v) is 23.7. The van der Waals surface area contributed by atoms with Gasteiger partial charge >= 0.3 is 0 Å². The second kappa shape index (κ2) is 13.0. The number of aliphatic imine (C=N–C) groups is 1. The van der Waals surface area contributed by atoms with E-state index in [1.54, 1.807) is 11.3 Å². The van der Waals surface area contributed by atoms with E-state index in [-0.39, 0.29) is 6.04 Å². The summed E-state index contributed by atoms with van der Waals surface area (Å²) in [6, 6.07) is 48.3. The Morgan fingerprint density at radius 1 is 0.675 bits per heavy atom. The molecule has 0 amide bonds. The Labute approximate surface area is 241 Å². The average molecular weight is 540 g/mol. The van der Waals surface area contributed by atoms with E-state index >= 15 is 0 Å². The summed E-state index contributed by atoms with van der Waals surface area (Å²) >= 11 is 1.77. The lowest BCUT2D eigenvalue weighted by Gasteiger charge is -2.27. The summed E-state index contributed by atoms with van der Waals surface area (Å²) in [5, 5.41) is 4.67. The minimum atomic E-state index is 0.0104. The largest absolute Gasteiger partial charge is 0.310 e. The molecule has 40 heavy (non-hydrogen) atoms. The lowest BCUT2D eigenvalue weighted by molar-refractivity contribution is 0.705. The Hall–Kier alpha value is -4.51. The first-order valence-electron chi connectivity index (χ1n) is 13.4. The van der Waals surface area contributed by atoms with Gasteiger partial charge in [-0.3, -0.25) is 4.99 Å². The molecular formula is C36H33N3S.